The van der Waals surface area contributed by atoms with E-state index in [0.717, 1.165) is 19.2 Å². The van der Waals surface area contributed by atoms with E-state index >= 15 is 0 Å². The second-order valence-electron chi connectivity index (χ2n) is 5.36. The van der Waals surface area contributed by atoms with Crippen LogP contribution in [0, 0.1) is 5.82 Å². The Kier molecular flexibility index (Phi) is 5.17. The highest BCUT2D eigenvalue weighted by atomic mass is 35.5. The lowest BCUT2D eigenvalue weighted by Gasteiger charge is -2.13. The molecular weight excluding hydrogens is 364 g/mol. The lowest BCUT2D eigenvalue weighted by Crippen LogP contribution is -2.22. The summed E-state index contributed by atoms with van der Waals surface area (Å²) in [5.74, 6) is -0.891. The van der Waals surface area contributed by atoms with Crippen LogP contribution in [0.15, 0.2) is 28.0 Å². The number of aliphatic imine (C=N–C) groups is 1. The molecule has 0 bridgehead atoms. The third-order valence-corrected chi connectivity index (χ3v) is 3.41. The Bertz CT molecular complexity index is 890. The fourth-order valence-corrected chi connectivity index (χ4v) is 2.19. The Morgan fingerprint density at radius 3 is 2.48 bits per heavy atom. The summed E-state index contributed by atoms with van der Waals surface area (Å²) in [6, 6.07) is 2.46. The van der Waals surface area contributed by atoms with Crippen molar-refractivity contribution < 1.29 is 17.6 Å². The molecule has 10 heteroatoms. The first-order chi connectivity index (χ1) is 11.5. The largest absolute Gasteiger partial charge is 0.433 e. The molecule has 25 heavy (non-hydrogen) atoms. The van der Waals surface area contributed by atoms with E-state index in [1.54, 1.807) is 19.0 Å². The second kappa shape index (κ2) is 6.83. The van der Waals surface area contributed by atoms with E-state index in [1.807, 2.05) is 0 Å². The van der Waals surface area contributed by atoms with Gasteiger partial charge in [0.1, 0.15) is 17.2 Å². The van der Waals surface area contributed by atoms with Crippen LogP contribution in [0.5, 0.6) is 0 Å². The first-order valence-electron chi connectivity index (χ1n) is 6.86. The van der Waals surface area contributed by atoms with Crippen LogP contribution in [-0.4, -0.2) is 35.1 Å². The summed E-state index contributed by atoms with van der Waals surface area (Å²) >= 11 is 5.90. The summed E-state index contributed by atoms with van der Waals surface area (Å²) < 4.78 is 53.1. The maximum Gasteiger partial charge on any atom is 0.433 e. The standard InChI is InChI=1S/C15H13ClF4N4O/c1-23(2)7-21-11-4-8(10(17)5-9(11)16)14-12(25)6-13(15(18,19)20)24(3)22-14/h4-7H,1-3H3. The monoisotopic (exact) mass is 376 g/mol. The van der Waals surface area contributed by atoms with Gasteiger partial charge in [0, 0.05) is 32.8 Å². The molecule has 0 amide bonds. The number of rotatable bonds is 3. The third kappa shape index (κ3) is 4.16. The lowest BCUT2D eigenvalue weighted by atomic mass is 10.1. The minimum absolute atomic E-state index is 0.0110. The summed E-state index contributed by atoms with van der Waals surface area (Å²) in [5.41, 5.74) is -2.90. The van der Waals surface area contributed by atoms with E-state index in [1.165, 1.54) is 6.34 Å². The number of nitrogens with zero attached hydrogens (tertiary/aromatic N) is 4. The van der Waals surface area contributed by atoms with Crippen molar-refractivity contribution in [3.63, 3.8) is 0 Å². The lowest BCUT2D eigenvalue weighted by molar-refractivity contribution is -0.144. The van der Waals surface area contributed by atoms with Crippen molar-refractivity contribution in [2.45, 2.75) is 6.18 Å². The zero-order valence-corrected chi connectivity index (χ0v) is 14.2. The van der Waals surface area contributed by atoms with E-state index in [9.17, 15) is 22.4 Å². The summed E-state index contributed by atoms with van der Waals surface area (Å²) in [5, 5.41) is 3.56. The first-order valence-corrected chi connectivity index (χ1v) is 7.24. The van der Waals surface area contributed by atoms with Crippen molar-refractivity contribution >= 4 is 23.6 Å². The smallest absolute Gasteiger partial charge is 0.369 e. The maximum atomic E-state index is 14.2. The van der Waals surface area contributed by atoms with Gasteiger partial charge < -0.3 is 4.90 Å². The Hall–Kier alpha value is -2.42. The molecule has 0 saturated carbocycles. The van der Waals surface area contributed by atoms with E-state index < -0.39 is 28.8 Å². The molecule has 0 spiro atoms. The molecule has 0 aliphatic heterocycles. The Morgan fingerprint density at radius 1 is 1.28 bits per heavy atom. The quantitative estimate of drug-likeness (QED) is 0.468. The molecule has 2 rings (SSSR count). The summed E-state index contributed by atoms with van der Waals surface area (Å²) in [6.07, 6.45) is -3.35. The minimum Gasteiger partial charge on any atom is -0.369 e. The summed E-state index contributed by atoms with van der Waals surface area (Å²) in [6.45, 7) is 0. The number of halogens is 5. The van der Waals surface area contributed by atoms with Crippen LogP contribution in [0.1, 0.15) is 5.69 Å². The molecule has 2 aromatic rings. The first kappa shape index (κ1) is 18.9. The van der Waals surface area contributed by atoms with Gasteiger partial charge in [0.2, 0.25) is 5.43 Å². The molecule has 0 saturated heterocycles. The highest BCUT2D eigenvalue weighted by molar-refractivity contribution is 6.33. The number of benzene rings is 1. The third-order valence-electron chi connectivity index (χ3n) is 3.11. The number of alkyl halides is 3. The van der Waals surface area contributed by atoms with Crippen molar-refractivity contribution in [3.05, 3.63) is 45.0 Å². The zero-order chi connectivity index (χ0) is 18.9. The Balaban J connectivity index is 2.65. The molecule has 1 heterocycles. The SMILES string of the molecule is CN(C)C=Nc1cc(-c2nn(C)c(C(F)(F)F)cc2=O)c(F)cc1Cl. The van der Waals surface area contributed by atoms with Crippen molar-refractivity contribution in [3.8, 4) is 11.3 Å². The second-order valence-corrected chi connectivity index (χ2v) is 5.76. The van der Waals surface area contributed by atoms with Gasteiger partial charge >= 0.3 is 6.18 Å². The topological polar surface area (TPSA) is 50.5 Å². The molecule has 1 aromatic heterocycles. The van der Waals surface area contributed by atoms with E-state index in [-0.39, 0.29) is 16.3 Å². The average molecular weight is 377 g/mol. The molecule has 0 N–H and O–H groups in total. The van der Waals surface area contributed by atoms with Gasteiger partial charge in [-0.15, -0.1) is 0 Å². The van der Waals surface area contributed by atoms with Crippen LogP contribution in [0.4, 0.5) is 23.2 Å². The number of aryl methyl sites for hydroxylation is 1. The molecule has 0 atom stereocenters. The predicted molar refractivity (Wildman–Crippen MR) is 86.7 cm³/mol. The molecule has 0 aliphatic carbocycles. The van der Waals surface area contributed by atoms with Crippen LogP contribution in [0.25, 0.3) is 11.3 Å². The van der Waals surface area contributed by atoms with Gasteiger partial charge in [-0.05, 0) is 12.1 Å². The minimum atomic E-state index is -4.75. The van der Waals surface area contributed by atoms with Gasteiger partial charge in [-0.1, -0.05) is 11.6 Å². The normalized spacial score (nSPS) is 12.0. The van der Waals surface area contributed by atoms with Crippen LogP contribution in [0.2, 0.25) is 5.02 Å². The van der Waals surface area contributed by atoms with Crippen LogP contribution in [-0.2, 0) is 13.2 Å². The summed E-state index contributed by atoms with van der Waals surface area (Å²) in [4.78, 5) is 17.7. The molecular formula is C15H13ClF4N4O. The predicted octanol–water partition coefficient (Wildman–Crippen LogP) is 3.48. The van der Waals surface area contributed by atoms with Crippen LogP contribution < -0.4 is 5.43 Å². The van der Waals surface area contributed by atoms with Gasteiger partial charge in [-0.25, -0.2) is 9.38 Å². The number of hydrogen-bond acceptors (Lipinski definition) is 3. The number of hydrogen-bond donors (Lipinski definition) is 0. The highest BCUT2D eigenvalue weighted by Gasteiger charge is 2.34. The van der Waals surface area contributed by atoms with Crippen LogP contribution in [0.3, 0.4) is 0 Å². The van der Waals surface area contributed by atoms with Crippen molar-refractivity contribution in [1.82, 2.24) is 14.7 Å². The molecule has 0 aliphatic rings. The highest BCUT2D eigenvalue weighted by Crippen LogP contribution is 2.32. The molecule has 0 radical (unpaired) electrons. The Morgan fingerprint density at radius 2 is 1.92 bits per heavy atom. The molecule has 0 fully saturated rings. The van der Waals surface area contributed by atoms with Gasteiger partial charge in [0.15, 0.2) is 0 Å². The van der Waals surface area contributed by atoms with Gasteiger partial charge in [0.05, 0.1) is 17.0 Å². The average Bonchev–Trinajstić information content (AvgIpc) is 2.47. The van der Waals surface area contributed by atoms with Gasteiger partial charge in [-0.3, -0.25) is 9.48 Å². The van der Waals surface area contributed by atoms with Gasteiger partial charge in [-0.2, -0.15) is 18.3 Å². The van der Waals surface area contributed by atoms with Crippen molar-refractivity contribution in [2.75, 3.05) is 14.1 Å². The van der Waals surface area contributed by atoms with E-state index in [0.29, 0.717) is 10.7 Å². The van der Waals surface area contributed by atoms with E-state index in [4.69, 9.17) is 11.6 Å². The molecule has 134 valence electrons. The fraction of sp³-hybridized carbons (Fsp3) is 0.267. The molecule has 5 nitrogen and oxygen atoms in total. The van der Waals surface area contributed by atoms with Crippen molar-refractivity contribution in [2.24, 2.45) is 12.0 Å². The molecule has 0 unspecified atom stereocenters. The van der Waals surface area contributed by atoms with Crippen molar-refractivity contribution in [1.29, 1.82) is 0 Å². The summed E-state index contributed by atoms with van der Waals surface area (Å²) in [7, 11) is 4.43. The fourth-order valence-electron chi connectivity index (χ4n) is 1.99. The zero-order valence-electron chi connectivity index (χ0n) is 13.4. The van der Waals surface area contributed by atoms with Gasteiger partial charge in [0.25, 0.3) is 0 Å². The Labute approximate surface area is 145 Å². The molecule has 1 aromatic carbocycles. The maximum absolute atomic E-state index is 14.2. The van der Waals surface area contributed by atoms with Crippen LogP contribution >= 0.6 is 11.6 Å². The number of aromatic nitrogens is 2. The van der Waals surface area contributed by atoms with E-state index in [2.05, 4.69) is 10.1 Å².